The van der Waals surface area contributed by atoms with E-state index in [0.29, 0.717) is 5.52 Å². The topological polar surface area (TPSA) is 59.3 Å². The number of halogens is 2. The lowest BCUT2D eigenvalue weighted by molar-refractivity contribution is 0.0695. The molecule has 1 heterocycles. The zero-order valence-electron chi connectivity index (χ0n) is 9.69. The number of fused-ring (bicyclic) bond motifs is 1. The molecule has 4 nitrogen and oxygen atoms in total. The van der Waals surface area contributed by atoms with E-state index in [1.165, 1.54) is 12.1 Å². The molecule has 1 N–H and O–H groups in total. The standard InChI is InChI=1S/C13H9ClFNO3/c14-12-10(13(18)19)11(17)8-4-1-6(15)5-9(8)16(12)7-2-3-7/h1,4-5,7H,2-3H2,(H,18,19). The number of hydrogen-bond acceptors (Lipinski definition) is 2. The molecule has 1 aromatic carbocycles. The normalized spacial score (nSPS) is 14.8. The predicted molar refractivity (Wildman–Crippen MR) is 68.4 cm³/mol. The van der Waals surface area contributed by atoms with E-state index < -0.39 is 22.8 Å². The second-order valence-electron chi connectivity index (χ2n) is 4.56. The van der Waals surface area contributed by atoms with E-state index in [-0.39, 0.29) is 16.6 Å². The first kappa shape index (κ1) is 12.2. The maximum atomic E-state index is 13.3. The molecule has 0 saturated heterocycles. The Morgan fingerprint density at radius 3 is 2.68 bits per heavy atom. The van der Waals surface area contributed by atoms with Gasteiger partial charge < -0.3 is 9.67 Å². The highest BCUT2D eigenvalue weighted by molar-refractivity contribution is 6.33. The fraction of sp³-hybridized carbons (Fsp3) is 0.231. The van der Waals surface area contributed by atoms with Gasteiger partial charge in [0.1, 0.15) is 16.5 Å². The molecule has 1 saturated carbocycles. The summed E-state index contributed by atoms with van der Waals surface area (Å²) in [6.45, 7) is 0. The lowest BCUT2D eigenvalue weighted by atomic mass is 10.1. The summed E-state index contributed by atoms with van der Waals surface area (Å²) in [4.78, 5) is 23.3. The Balaban J connectivity index is 2.51. The molecular weight excluding hydrogens is 273 g/mol. The Bertz CT molecular complexity index is 765. The third kappa shape index (κ3) is 1.81. The fourth-order valence-corrected chi connectivity index (χ4v) is 2.62. The summed E-state index contributed by atoms with van der Waals surface area (Å²) < 4.78 is 14.9. The second kappa shape index (κ2) is 4.06. The number of nitrogens with zero attached hydrogens (tertiary/aromatic N) is 1. The van der Waals surface area contributed by atoms with Crippen LogP contribution in [0.2, 0.25) is 5.15 Å². The van der Waals surface area contributed by atoms with Crippen LogP contribution in [0.4, 0.5) is 4.39 Å². The summed E-state index contributed by atoms with van der Waals surface area (Å²) in [6.07, 6.45) is 1.68. The molecule has 0 radical (unpaired) electrons. The van der Waals surface area contributed by atoms with Crippen LogP contribution in [0.25, 0.3) is 10.9 Å². The molecule has 1 fully saturated rings. The molecule has 0 bridgehead atoms. The summed E-state index contributed by atoms with van der Waals surface area (Å²) >= 11 is 6.04. The number of carbonyl (C=O) groups is 1. The van der Waals surface area contributed by atoms with Gasteiger partial charge >= 0.3 is 5.97 Å². The molecule has 2 aromatic rings. The maximum Gasteiger partial charge on any atom is 0.342 e. The molecule has 0 unspecified atom stereocenters. The average Bonchev–Trinajstić information content (AvgIpc) is 3.12. The van der Waals surface area contributed by atoms with Crippen LogP contribution in [0.1, 0.15) is 29.2 Å². The van der Waals surface area contributed by atoms with Gasteiger partial charge in [0.25, 0.3) is 0 Å². The number of rotatable bonds is 2. The van der Waals surface area contributed by atoms with Crippen LogP contribution in [0.5, 0.6) is 0 Å². The lowest BCUT2D eigenvalue weighted by Gasteiger charge is -2.14. The van der Waals surface area contributed by atoms with Crippen molar-refractivity contribution in [1.29, 1.82) is 0 Å². The van der Waals surface area contributed by atoms with Crippen LogP contribution in [0.15, 0.2) is 23.0 Å². The summed E-state index contributed by atoms with van der Waals surface area (Å²) in [5.74, 6) is -1.85. The molecule has 0 atom stereocenters. The molecule has 98 valence electrons. The van der Waals surface area contributed by atoms with Gasteiger partial charge in [-0.25, -0.2) is 9.18 Å². The van der Waals surface area contributed by atoms with E-state index in [2.05, 4.69) is 0 Å². The monoisotopic (exact) mass is 281 g/mol. The number of aromatic carboxylic acids is 1. The van der Waals surface area contributed by atoms with Crippen LogP contribution in [0.3, 0.4) is 0 Å². The Labute approximate surface area is 112 Å². The summed E-state index contributed by atoms with van der Waals surface area (Å²) in [5, 5.41) is 9.16. The smallest absolute Gasteiger partial charge is 0.342 e. The van der Waals surface area contributed by atoms with E-state index in [0.717, 1.165) is 18.9 Å². The molecule has 1 aromatic heterocycles. The van der Waals surface area contributed by atoms with Gasteiger partial charge in [-0.05, 0) is 31.0 Å². The summed E-state index contributed by atoms with van der Waals surface area (Å²) in [7, 11) is 0. The van der Waals surface area contributed by atoms with Crippen molar-refractivity contribution in [1.82, 2.24) is 4.57 Å². The fourth-order valence-electron chi connectivity index (χ4n) is 2.23. The van der Waals surface area contributed by atoms with Gasteiger partial charge in [-0.2, -0.15) is 0 Å². The van der Waals surface area contributed by atoms with Gasteiger partial charge in [0, 0.05) is 11.4 Å². The number of aromatic nitrogens is 1. The number of carboxylic acid groups (broad SMARTS) is 1. The minimum Gasteiger partial charge on any atom is -0.477 e. The van der Waals surface area contributed by atoms with Crippen LogP contribution in [-0.2, 0) is 0 Å². The van der Waals surface area contributed by atoms with Crippen molar-refractivity contribution in [2.45, 2.75) is 18.9 Å². The molecule has 3 rings (SSSR count). The van der Waals surface area contributed by atoms with Gasteiger partial charge in [0.2, 0.25) is 5.43 Å². The van der Waals surface area contributed by atoms with Gasteiger partial charge in [0.15, 0.2) is 0 Å². The second-order valence-corrected chi connectivity index (χ2v) is 4.92. The number of benzene rings is 1. The number of hydrogen-bond donors (Lipinski definition) is 1. The van der Waals surface area contributed by atoms with Crippen molar-refractivity contribution in [2.75, 3.05) is 0 Å². The first-order chi connectivity index (χ1) is 9.00. The number of pyridine rings is 1. The van der Waals surface area contributed by atoms with E-state index in [9.17, 15) is 14.0 Å². The van der Waals surface area contributed by atoms with Gasteiger partial charge in [-0.1, -0.05) is 11.6 Å². The van der Waals surface area contributed by atoms with Gasteiger partial charge in [-0.3, -0.25) is 4.79 Å². The Hall–Kier alpha value is -1.88. The maximum absolute atomic E-state index is 13.3. The minimum absolute atomic E-state index is 0.0375. The predicted octanol–water partition coefficient (Wildman–Crippen LogP) is 2.83. The molecular formula is C13H9ClFNO3. The van der Waals surface area contributed by atoms with Gasteiger partial charge in [-0.15, -0.1) is 0 Å². The van der Waals surface area contributed by atoms with Crippen molar-refractivity contribution in [3.05, 3.63) is 45.0 Å². The van der Waals surface area contributed by atoms with Crippen LogP contribution < -0.4 is 5.43 Å². The molecule has 1 aliphatic rings. The van der Waals surface area contributed by atoms with E-state index in [1.54, 1.807) is 4.57 Å². The lowest BCUT2D eigenvalue weighted by Crippen LogP contribution is -2.20. The van der Waals surface area contributed by atoms with Crippen molar-refractivity contribution >= 4 is 28.5 Å². The zero-order valence-corrected chi connectivity index (χ0v) is 10.4. The van der Waals surface area contributed by atoms with Gasteiger partial charge in [0.05, 0.1) is 5.52 Å². The molecule has 1 aliphatic carbocycles. The molecule has 19 heavy (non-hydrogen) atoms. The van der Waals surface area contributed by atoms with Crippen LogP contribution in [0, 0.1) is 5.82 Å². The SMILES string of the molecule is O=C(O)c1c(Cl)n(C2CC2)c2cc(F)ccc2c1=O. The molecule has 0 aliphatic heterocycles. The molecule has 0 amide bonds. The van der Waals surface area contributed by atoms with E-state index >= 15 is 0 Å². The molecule has 0 spiro atoms. The molecule has 6 heteroatoms. The average molecular weight is 282 g/mol. The van der Waals surface area contributed by atoms with Crippen LogP contribution >= 0.6 is 11.6 Å². The van der Waals surface area contributed by atoms with E-state index in [1.807, 2.05) is 0 Å². The Kier molecular flexibility index (Phi) is 2.60. The van der Waals surface area contributed by atoms with Crippen molar-refractivity contribution in [3.8, 4) is 0 Å². The van der Waals surface area contributed by atoms with Crippen molar-refractivity contribution in [3.63, 3.8) is 0 Å². The highest BCUT2D eigenvalue weighted by Crippen LogP contribution is 2.40. The number of carboxylic acids is 1. The van der Waals surface area contributed by atoms with Crippen molar-refractivity contribution in [2.24, 2.45) is 0 Å². The Morgan fingerprint density at radius 1 is 1.42 bits per heavy atom. The zero-order chi connectivity index (χ0) is 13.7. The summed E-state index contributed by atoms with van der Waals surface area (Å²) in [6, 6.07) is 3.69. The first-order valence-corrected chi connectivity index (χ1v) is 6.15. The largest absolute Gasteiger partial charge is 0.477 e. The first-order valence-electron chi connectivity index (χ1n) is 5.77. The third-order valence-electron chi connectivity index (χ3n) is 3.23. The highest BCUT2D eigenvalue weighted by Gasteiger charge is 2.30. The minimum atomic E-state index is -1.37. The van der Waals surface area contributed by atoms with E-state index in [4.69, 9.17) is 16.7 Å². The third-order valence-corrected chi connectivity index (χ3v) is 3.61. The quantitative estimate of drug-likeness (QED) is 0.861. The van der Waals surface area contributed by atoms with Crippen molar-refractivity contribution < 1.29 is 14.3 Å². The Morgan fingerprint density at radius 2 is 2.11 bits per heavy atom. The summed E-state index contributed by atoms with van der Waals surface area (Å²) in [5.41, 5.74) is -0.778. The highest BCUT2D eigenvalue weighted by atomic mass is 35.5. The van der Waals surface area contributed by atoms with Crippen LogP contribution in [-0.4, -0.2) is 15.6 Å².